The average molecular weight is 422 g/mol. The molecule has 1 aliphatic rings. The molecular formula is C22H27N7O2. The van der Waals surface area contributed by atoms with Crippen molar-refractivity contribution in [2.45, 2.75) is 26.7 Å². The predicted molar refractivity (Wildman–Crippen MR) is 116 cm³/mol. The van der Waals surface area contributed by atoms with E-state index in [0.717, 1.165) is 42.1 Å². The van der Waals surface area contributed by atoms with Gasteiger partial charge in [-0.05, 0) is 49.9 Å². The Morgan fingerprint density at radius 1 is 1.13 bits per heavy atom. The number of piperidine rings is 1. The summed E-state index contributed by atoms with van der Waals surface area (Å²) in [5.74, 6) is 2.25. The van der Waals surface area contributed by atoms with Gasteiger partial charge in [0.05, 0.1) is 12.5 Å². The van der Waals surface area contributed by atoms with Crippen LogP contribution in [0, 0.1) is 19.8 Å². The minimum atomic E-state index is -0.0836. The highest BCUT2D eigenvalue weighted by Crippen LogP contribution is 2.22. The van der Waals surface area contributed by atoms with E-state index >= 15 is 0 Å². The molecule has 1 aliphatic heterocycles. The molecule has 1 fully saturated rings. The first kappa shape index (κ1) is 20.8. The molecule has 0 radical (unpaired) electrons. The van der Waals surface area contributed by atoms with Crippen LogP contribution in [0.25, 0.3) is 5.82 Å². The molecule has 1 saturated heterocycles. The molecule has 31 heavy (non-hydrogen) atoms. The summed E-state index contributed by atoms with van der Waals surface area (Å²) in [6.45, 7) is 6.49. The van der Waals surface area contributed by atoms with Crippen molar-refractivity contribution in [3.05, 3.63) is 54.4 Å². The fourth-order valence-corrected chi connectivity index (χ4v) is 3.86. The van der Waals surface area contributed by atoms with Gasteiger partial charge >= 0.3 is 0 Å². The number of rotatable bonds is 7. The van der Waals surface area contributed by atoms with Gasteiger partial charge in [-0.2, -0.15) is 5.10 Å². The van der Waals surface area contributed by atoms with Crippen molar-refractivity contribution in [1.82, 2.24) is 30.0 Å². The fraction of sp³-hybridized carbons (Fsp3) is 0.409. The van der Waals surface area contributed by atoms with Crippen LogP contribution in [0.4, 0.5) is 5.82 Å². The quantitative estimate of drug-likeness (QED) is 0.583. The van der Waals surface area contributed by atoms with Crippen LogP contribution < -0.4 is 15.0 Å². The molecule has 1 amide bonds. The van der Waals surface area contributed by atoms with E-state index in [0.29, 0.717) is 25.5 Å². The molecule has 1 N–H and O–H groups in total. The number of nitrogens with one attached hydrogen (secondary N) is 1. The number of amides is 1. The highest BCUT2D eigenvalue weighted by molar-refractivity contribution is 5.79. The summed E-state index contributed by atoms with van der Waals surface area (Å²) < 4.78 is 7.38. The number of carbonyl (C=O) groups is 1. The summed E-state index contributed by atoms with van der Waals surface area (Å²) in [5.41, 5.74) is 2.33. The maximum Gasteiger partial charge on any atom is 0.225 e. The SMILES string of the molecule is Cc1cc(C)cc(OCCNC(=O)C2CCCN(c3cc(-n4cncn4)ncn3)C2)c1. The second-order valence-electron chi connectivity index (χ2n) is 7.82. The van der Waals surface area contributed by atoms with Crippen molar-refractivity contribution in [2.75, 3.05) is 31.1 Å². The number of aryl methyl sites for hydroxylation is 2. The zero-order chi connectivity index (χ0) is 21.6. The van der Waals surface area contributed by atoms with E-state index in [2.05, 4.69) is 36.3 Å². The van der Waals surface area contributed by atoms with Gasteiger partial charge in [-0.1, -0.05) is 6.07 Å². The predicted octanol–water partition coefficient (Wildman–Crippen LogP) is 2.09. The maximum atomic E-state index is 12.7. The van der Waals surface area contributed by atoms with Gasteiger partial charge in [-0.15, -0.1) is 0 Å². The van der Waals surface area contributed by atoms with Crippen LogP contribution in [-0.4, -0.2) is 56.9 Å². The first-order chi connectivity index (χ1) is 15.1. The van der Waals surface area contributed by atoms with Gasteiger partial charge in [0.1, 0.15) is 37.2 Å². The van der Waals surface area contributed by atoms with Crippen molar-refractivity contribution in [3.8, 4) is 11.6 Å². The summed E-state index contributed by atoms with van der Waals surface area (Å²) in [6.07, 6.45) is 6.37. The van der Waals surface area contributed by atoms with Gasteiger partial charge in [0, 0.05) is 19.2 Å². The van der Waals surface area contributed by atoms with E-state index in [1.807, 2.05) is 32.0 Å². The average Bonchev–Trinajstić information content (AvgIpc) is 3.31. The molecule has 0 spiro atoms. The first-order valence-electron chi connectivity index (χ1n) is 10.5. The van der Waals surface area contributed by atoms with E-state index in [9.17, 15) is 4.79 Å². The summed E-state index contributed by atoms with van der Waals surface area (Å²) >= 11 is 0. The Morgan fingerprint density at radius 3 is 2.71 bits per heavy atom. The molecule has 3 aromatic rings. The third-order valence-electron chi connectivity index (χ3n) is 5.27. The van der Waals surface area contributed by atoms with Crippen LogP contribution in [-0.2, 0) is 4.79 Å². The van der Waals surface area contributed by atoms with Gasteiger partial charge in [0.15, 0.2) is 5.82 Å². The van der Waals surface area contributed by atoms with Crippen LogP contribution >= 0.6 is 0 Å². The van der Waals surface area contributed by atoms with Crippen LogP contribution in [0.2, 0.25) is 0 Å². The fourth-order valence-electron chi connectivity index (χ4n) is 3.86. The third kappa shape index (κ3) is 5.36. The molecule has 1 unspecified atom stereocenters. The standard InChI is InChI=1S/C22H27N7O2/c1-16-8-17(2)10-19(9-16)31-7-5-24-22(30)18-4-3-6-28(12-18)20-11-21(26-14-25-20)29-15-23-13-27-29/h8-11,13-15,18H,3-7,12H2,1-2H3,(H,24,30). The number of aromatic nitrogens is 5. The molecule has 1 aromatic carbocycles. The van der Waals surface area contributed by atoms with Crippen LogP contribution in [0.5, 0.6) is 5.75 Å². The van der Waals surface area contributed by atoms with Crippen LogP contribution in [0.1, 0.15) is 24.0 Å². The topological polar surface area (TPSA) is 98.1 Å². The molecule has 9 nitrogen and oxygen atoms in total. The molecule has 4 rings (SSSR count). The molecule has 162 valence electrons. The van der Waals surface area contributed by atoms with E-state index in [1.165, 1.54) is 12.7 Å². The number of ether oxygens (including phenoxy) is 1. The Balaban J connectivity index is 1.29. The van der Waals surface area contributed by atoms with Gasteiger partial charge in [-0.25, -0.2) is 19.6 Å². The number of carbonyl (C=O) groups excluding carboxylic acids is 1. The Bertz CT molecular complexity index is 1000. The van der Waals surface area contributed by atoms with E-state index in [-0.39, 0.29) is 11.8 Å². The number of hydrogen-bond acceptors (Lipinski definition) is 7. The number of anilines is 1. The summed E-state index contributed by atoms with van der Waals surface area (Å²) in [7, 11) is 0. The Kier molecular flexibility index (Phi) is 6.40. The lowest BCUT2D eigenvalue weighted by Gasteiger charge is -2.32. The number of hydrogen-bond donors (Lipinski definition) is 1. The lowest BCUT2D eigenvalue weighted by Crippen LogP contribution is -2.44. The number of nitrogens with zero attached hydrogens (tertiary/aromatic N) is 6. The Hall–Kier alpha value is -3.49. The second-order valence-corrected chi connectivity index (χ2v) is 7.82. The zero-order valence-corrected chi connectivity index (χ0v) is 17.9. The van der Waals surface area contributed by atoms with Gasteiger partial charge in [0.2, 0.25) is 5.91 Å². The van der Waals surface area contributed by atoms with Crippen LogP contribution in [0.3, 0.4) is 0 Å². The minimum Gasteiger partial charge on any atom is -0.492 e. The highest BCUT2D eigenvalue weighted by atomic mass is 16.5. The van der Waals surface area contributed by atoms with Crippen molar-refractivity contribution < 1.29 is 9.53 Å². The van der Waals surface area contributed by atoms with Crippen molar-refractivity contribution in [1.29, 1.82) is 0 Å². The summed E-state index contributed by atoms with van der Waals surface area (Å²) in [4.78, 5) is 27.4. The second kappa shape index (κ2) is 9.55. The zero-order valence-electron chi connectivity index (χ0n) is 17.9. The summed E-state index contributed by atoms with van der Waals surface area (Å²) in [6, 6.07) is 7.98. The normalized spacial score (nSPS) is 16.2. The third-order valence-corrected chi connectivity index (χ3v) is 5.27. The van der Waals surface area contributed by atoms with Gasteiger partial charge in [-0.3, -0.25) is 4.79 Å². The molecule has 9 heteroatoms. The van der Waals surface area contributed by atoms with Gasteiger partial charge < -0.3 is 15.0 Å². The largest absolute Gasteiger partial charge is 0.492 e. The highest BCUT2D eigenvalue weighted by Gasteiger charge is 2.26. The van der Waals surface area contributed by atoms with Crippen molar-refractivity contribution in [2.24, 2.45) is 5.92 Å². The monoisotopic (exact) mass is 421 g/mol. The maximum absolute atomic E-state index is 12.7. The lowest BCUT2D eigenvalue weighted by atomic mass is 9.97. The lowest BCUT2D eigenvalue weighted by molar-refractivity contribution is -0.125. The molecule has 2 aromatic heterocycles. The van der Waals surface area contributed by atoms with E-state index in [4.69, 9.17) is 4.74 Å². The Morgan fingerprint density at radius 2 is 1.94 bits per heavy atom. The van der Waals surface area contributed by atoms with Gasteiger partial charge in [0.25, 0.3) is 0 Å². The van der Waals surface area contributed by atoms with E-state index < -0.39 is 0 Å². The molecule has 0 bridgehead atoms. The van der Waals surface area contributed by atoms with Crippen LogP contribution in [0.15, 0.2) is 43.2 Å². The van der Waals surface area contributed by atoms with E-state index in [1.54, 1.807) is 11.0 Å². The molecular weight excluding hydrogens is 394 g/mol. The molecule has 0 saturated carbocycles. The molecule has 3 heterocycles. The first-order valence-corrected chi connectivity index (χ1v) is 10.5. The van der Waals surface area contributed by atoms with Crippen molar-refractivity contribution in [3.63, 3.8) is 0 Å². The van der Waals surface area contributed by atoms with Crippen molar-refractivity contribution >= 4 is 11.7 Å². The minimum absolute atomic E-state index is 0.0549. The Labute approximate surface area is 181 Å². The smallest absolute Gasteiger partial charge is 0.225 e. The molecule has 0 aliphatic carbocycles. The summed E-state index contributed by atoms with van der Waals surface area (Å²) in [5, 5.41) is 7.12. The molecule has 1 atom stereocenters. The number of benzene rings is 1.